The van der Waals surface area contributed by atoms with E-state index in [1.54, 1.807) is 0 Å². The lowest BCUT2D eigenvalue weighted by Gasteiger charge is -2.17. The van der Waals surface area contributed by atoms with Crippen LogP contribution in [-0.2, 0) is 9.47 Å². The van der Waals surface area contributed by atoms with Gasteiger partial charge in [-0.3, -0.25) is 0 Å². The molecule has 3 nitrogen and oxygen atoms in total. The number of nitrogens with one attached hydrogen (secondary N) is 1. The maximum atomic E-state index is 5.54. The average molecular weight is 442 g/mol. The molecule has 0 heterocycles. The van der Waals surface area contributed by atoms with E-state index in [2.05, 4.69) is 12.2 Å². The Balaban J connectivity index is 3.11. The molecule has 31 heavy (non-hydrogen) atoms. The molecule has 0 fully saturated rings. The molecule has 0 saturated heterocycles. The van der Waals surface area contributed by atoms with Crippen LogP contribution in [0, 0.1) is 0 Å². The third-order valence-electron chi connectivity index (χ3n) is 6.22. The fourth-order valence-electron chi connectivity index (χ4n) is 4.26. The zero-order chi connectivity index (χ0) is 22.7. The zero-order valence-electron chi connectivity index (χ0n) is 21.9. The highest BCUT2D eigenvalue weighted by atomic mass is 16.7. The van der Waals surface area contributed by atoms with E-state index in [0.29, 0.717) is 13.2 Å². The highest BCUT2D eigenvalue weighted by Gasteiger charge is 2.06. The van der Waals surface area contributed by atoms with Crippen molar-refractivity contribution in [1.82, 2.24) is 5.32 Å². The van der Waals surface area contributed by atoms with Gasteiger partial charge in [0.2, 0.25) is 0 Å². The molecule has 0 radical (unpaired) electrons. The molecule has 1 N–H and O–H groups in total. The summed E-state index contributed by atoms with van der Waals surface area (Å²) in [5.74, 6) is 0. The molecule has 0 aliphatic heterocycles. The molecule has 0 unspecified atom stereocenters. The van der Waals surface area contributed by atoms with Gasteiger partial charge in [-0.25, -0.2) is 0 Å². The second kappa shape index (κ2) is 27.9. The molecule has 3 heteroatoms. The van der Waals surface area contributed by atoms with Crippen LogP contribution in [0.4, 0.5) is 0 Å². The van der Waals surface area contributed by atoms with E-state index in [1.807, 2.05) is 13.8 Å². The van der Waals surface area contributed by atoms with Crippen LogP contribution in [0.15, 0.2) is 0 Å². The third kappa shape index (κ3) is 26.0. The van der Waals surface area contributed by atoms with Crippen LogP contribution in [0.1, 0.15) is 149 Å². The van der Waals surface area contributed by atoms with Gasteiger partial charge in [-0.05, 0) is 26.8 Å². The highest BCUT2D eigenvalue weighted by molar-refractivity contribution is 4.54. The lowest BCUT2D eigenvalue weighted by molar-refractivity contribution is -0.132. The predicted octanol–water partition coefficient (Wildman–Crippen LogP) is 8.80. The summed E-state index contributed by atoms with van der Waals surface area (Å²) in [5, 5.41) is 3.46. The van der Waals surface area contributed by atoms with Crippen molar-refractivity contribution in [3.8, 4) is 0 Å². The lowest BCUT2D eigenvalue weighted by Crippen LogP contribution is -2.32. The summed E-state index contributed by atoms with van der Waals surface area (Å²) >= 11 is 0. The number of unbranched alkanes of at least 4 members (excludes halogenated alkanes) is 19. The molecule has 0 rings (SSSR count). The Morgan fingerprint density at radius 3 is 1.10 bits per heavy atom. The lowest BCUT2D eigenvalue weighted by atomic mass is 10.0. The first-order valence-electron chi connectivity index (χ1n) is 14.3. The first-order valence-corrected chi connectivity index (χ1v) is 14.3. The molecule has 0 aromatic rings. The van der Waals surface area contributed by atoms with E-state index in [4.69, 9.17) is 9.47 Å². The van der Waals surface area contributed by atoms with E-state index < -0.39 is 0 Å². The van der Waals surface area contributed by atoms with Gasteiger partial charge in [-0.1, -0.05) is 129 Å². The summed E-state index contributed by atoms with van der Waals surface area (Å²) in [4.78, 5) is 0. The van der Waals surface area contributed by atoms with Crippen molar-refractivity contribution in [2.24, 2.45) is 0 Å². The molecule has 0 atom stereocenters. The Hall–Kier alpha value is -0.120. The number of hydrogen-bond donors (Lipinski definition) is 1. The second-order valence-electron chi connectivity index (χ2n) is 9.26. The fraction of sp³-hybridized carbons (Fsp3) is 1.00. The molecule has 0 aliphatic carbocycles. The Morgan fingerprint density at radius 1 is 0.452 bits per heavy atom. The van der Waals surface area contributed by atoms with Gasteiger partial charge >= 0.3 is 0 Å². The van der Waals surface area contributed by atoms with Gasteiger partial charge in [0, 0.05) is 19.8 Å². The van der Waals surface area contributed by atoms with Gasteiger partial charge in [-0.2, -0.15) is 0 Å². The summed E-state index contributed by atoms with van der Waals surface area (Å²) in [6, 6.07) is 0. The zero-order valence-corrected chi connectivity index (χ0v) is 21.9. The van der Waals surface area contributed by atoms with E-state index in [9.17, 15) is 0 Å². The Labute approximate surface area is 196 Å². The van der Waals surface area contributed by atoms with Crippen molar-refractivity contribution in [2.75, 3.05) is 26.3 Å². The smallest absolute Gasteiger partial charge is 0.169 e. The minimum atomic E-state index is -0.0832. The number of rotatable bonds is 27. The number of ether oxygens (including phenoxy) is 2. The number of hydrogen-bond acceptors (Lipinski definition) is 3. The maximum Gasteiger partial charge on any atom is 0.169 e. The van der Waals surface area contributed by atoms with Crippen molar-refractivity contribution in [3.05, 3.63) is 0 Å². The Bertz CT molecular complexity index is 305. The fourth-order valence-corrected chi connectivity index (χ4v) is 4.26. The van der Waals surface area contributed by atoms with Gasteiger partial charge in [0.25, 0.3) is 0 Å². The van der Waals surface area contributed by atoms with E-state index in [0.717, 1.165) is 13.1 Å². The van der Waals surface area contributed by atoms with Gasteiger partial charge in [-0.15, -0.1) is 0 Å². The molecule has 0 aliphatic rings. The second-order valence-corrected chi connectivity index (χ2v) is 9.26. The van der Waals surface area contributed by atoms with Crippen molar-refractivity contribution in [1.29, 1.82) is 0 Å². The maximum absolute atomic E-state index is 5.54. The van der Waals surface area contributed by atoms with Crippen LogP contribution in [0.3, 0.4) is 0 Å². The first kappa shape index (κ1) is 30.9. The summed E-state index contributed by atoms with van der Waals surface area (Å²) < 4.78 is 11.1. The molecule has 0 bridgehead atoms. The summed E-state index contributed by atoms with van der Waals surface area (Å²) in [6.45, 7) is 9.65. The van der Waals surface area contributed by atoms with Gasteiger partial charge < -0.3 is 14.8 Å². The third-order valence-corrected chi connectivity index (χ3v) is 6.22. The van der Waals surface area contributed by atoms with Crippen LogP contribution in [0.25, 0.3) is 0 Å². The molecule has 0 spiro atoms. The van der Waals surface area contributed by atoms with Crippen LogP contribution >= 0.6 is 0 Å². The molecule has 0 amide bonds. The topological polar surface area (TPSA) is 30.5 Å². The normalized spacial score (nSPS) is 11.6. The first-order chi connectivity index (χ1) is 15.3. The van der Waals surface area contributed by atoms with Crippen molar-refractivity contribution >= 4 is 0 Å². The largest absolute Gasteiger partial charge is 0.352 e. The standard InChI is InChI=1S/C28H59NO2/c1-4-7-8-9-10-11-12-13-14-15-16-17-18-19-20-21-22-23-24-25-26-29-27-28(30-5-2)31-6-3/h28-29H,4-27H2,1-3H3. The van der Waals surface area contributed by atoms with Crippen molar-refractivity contribution in [2.45, 2.75) is 155 Å². The molecular weight excluding hydrogens is 382 g/mol. The van der Waals surface area contributed by atoms with Crippen molar-refractivity contribution < 1.29 is 9.47 Å². The minimum Gasteiger partial charge on any atom is -0.352 e. The Kier molecular flexibility index (Phi) is 27.8. The summed E-state index contributed by atoms with van der Waals surface area (Å²) in [6.07, 6.45) is 28.6. The van der Waals surface area contributed by atoms with Crippen molar-refractivity contribution in [3.63, 3.8) is 0 Å². The van der Waals surface area contributed by atoms with Crippen LogP contribution in [0.2, 0.25) is 0 Å². The average Bonchev–Trinajstić information content (AvgIpc) is 2.77. The predicted molar refractivity (Wildman–Crippen MR) is 138 cm³/mol. The highest BCUT2D eigenvalue weighted by Crippen LogP contribution is 2.14. The Morgan fingerprint density at radius 2 is 0.774 bits per heavy atom. The van der Waals surface area contributed by atoms with Gasteiger partial charge in [0.15, 0.2) is 6.29 Å². The molecule has 0 aromatic carbocycles. The monoisotopic (exact) mass is 441 g/mol. The van der Waals surface area contributed by atoms with Crippen LogP contribution in [-0.4, -0.2) is 32.6 Å². The van der Waals surface area contributed by atoms with E-state index in [-0.39, 0.29) is 6.29 Å². The van der Waals surface area contributed by atoms with Gasteiger partial charge in [0.1, 0.15) is 0 Å². The minimum absolute atomic E-state index is 0.0832. The molecule has 188 valence electrons. The molecule has 0 saturated carbocycles. The molecular formula is C28H59NO2. The molecule has 0 aromatic heterocycles. The van der Waals surface area contributed by atoms with Crippen LogP contribution in [0.5, 0.6) is 0 Å². The summed E-state index contributed by atoms with van der Waals surface area (Å²) in [7, 11) is 0. The van der Waals surface area contributed by atoms with E-state index in [1.165, 1.54) is 128 Å². The van der Waals surface area contributed by atoms with E-state index >= 15 is 0 Å². The van der Waals surface area contributed by atoms with Gasteiger partial charge in [0.05, 0.1) is 0 Å². The van der Waals surface area contributed by atoms with Crippen LogP contribution < -0.4 is 5.32 Å². The quantitative estimate of drug-likeness (QED) is 0.102. The summed E-state index contributed by atoms with van der Waals surface area (Å²) in [5.41, 5.74) is 0. The SMILES string of the molecule is CCCCCCCCCCCCCCCCCCCCCCNCC(OCC)OCC.